The number of para-hydroxylation sites is 1. The molecule has 2 heterocycles. The predicted molar refractivity (Wildman–Crippen MR) is 121 cm³/mol. The molecule has 0 saturated carbocycles. The molecule has 0 radical (unpaired) electrons. The first kappa shape index (κ1) is 23.3. The molecule has 3 rings (SSSR count). The van der Waals surface area contributed by atoms with Crippen molar-refractivity contribution in [2.24, 2.45) is 0 Å². The molecule has 32 heavy (non-hydrogen) atoms. The Morgan fingerprint density at radius 3 is 2.69 bits per heavy atom. The molecule has 9 heteroatoms. The van der Waals surface area contributed by atoms with E-state index in [0.29, 0.717) is 48.3 Å². The molecule has 1 aromatic heterocycles. The molecule has 1 atom stereocenters. The van der Waals surface area contributed by atoms with Gasteiger partial charge in [-0.25, -0.2) is 9.97 Å². The van der Waals surface area contributed by atoms with Gasteiger partial charge in [0.25, 0.3) is 5.91 Å². The van der Waals surface area contributed by atoms with Crippen molar-refractivity contribution < 1.29 is 19.1 Å². The molecule has 2 aromatic rings. The number of likely N-dealkylation sites (tertiary alicyclic amines) is 1. The minimum atomic E-state index is -0.105. The van der Waals surface area contributed by atoms with Crippen LogP contribution in [-0.4, -0.2) is 73.0 Å². The minimum Gasteiger partial charge on any atom is -0.493 e. The van der Waals surface area contributed by atoms with Gasteiger partial charge in [-0.15, -0.1) is 0 Å². The van der Waals surface area contributed by atoms with Gasteiger partial charge in [0.05, 0.1) is 32.0 Å². The van der Waals surface area contributed by atoms with Gasteiger partial charge in [0.2, 0.25) is 5.91 Å². The number of nitrogens with one attached hydrogen (secondary N) is 1. The van der Waals surface area contributed by atoms with Gasteiger partial charge in [0, 0.05) is 46.1 Å². The average Bonchev–Trinajstić information content (AvgIpc) is 2.82. The van der Waals surface area contributed by atoms with E-state index in [1.54, 1.807) is 44.3 Å². The second-order valence-electron chi connectivity index (χ2n) is 7.86. The Bertz CT molecular complexity index is 981. The second-order valence-corrected chi connectivity index (χ2v) is 7.86. The van der Waals surface area contributed by atoms with Crippen molar-refractivity contribution in [1.29, 1.82) is 0 Å². The fraction of sp³-hybridized carbons (Fsp3) is 0.478. The summed E-state index contributed by atoms with van der Waals surface area (Å²) in [4.78, 5) is 37.8. The van der Waals surface area contributed by atoms with Crippen LogP contribution in [0.2, 0.25) is 0 Å². The van der Waals surface area contributed by atoms with E-state index < -0.39 is 0 Å². The number of piperidine rings is 1. The summed E-state index contributed by atoms with van der Waals surface area (Å²) in [6.07, 6.45) is 1.73. The van der Waals surface area contributed by atoms with Gasteiger partial charge in [-0.1, -0.05) is 6.07 Å². The lowest BCUT2D eigenvalue weighted by atomic mass is 9.96. The van der Waals surface area contributed by atoms with E-state index >= 15 is 0 Å². The Labute approximate surface area is 188 Å². The van der Waals surface area contributed by atoms with E-state index in [9.17, 15) is 9.59 Å². The van der Waals surface area contributed by atoms with Crippen LogP contribution >= 0.6 is 0 Å². The number of amides is 2. The van der Waals surface area contributed by atoms with Crippen LogP contribution in [0.4, 0.5) is 5.82 Å². The zero-order chi connectivity index (χ0) is 23.3. The standard InChI is InChI=1S/C23H31N5O4/c1-15(29)27(3)14-17-12-20(24-2)26-22(25-17)16-8-7-11-28(13-16)23(30)18-9-6-10-19(31-4)21(18)32-5/h6,9-10,12,16H,7-8,11,13-14H2,1-5H3,(H,24,25,26)/t16-/m1/s1. The largest absolute Gasteiger partial charge is 0.493 e. The first-order valence-corrected chi connectivity index (χ1v) is 10.7. The number of ether oxygens (including phenoxy) is 2. The highest BCUT2D eigenvalue weighted by molar-refractivity contribution is 5.98. The fourth-order valence-electron chi connectivity index (χ4n) is 3.86. The number of aromatic nitrogens is 2. The van der Waals surface area contributed by atoms with Crippen molar-refractivity contribution in [1.82, 2.24) is 19.8 Å². The summed E-state index contributed by atoms with van der Waals surface area (Å²) in [7, 11) is 6.63. The van der Waals surface area contributed by atoms with E-state index in [4.69, 9.17) is 14.5 Å². The summed E-state index contributed by atoms with van der Waals surface area (Å²) in [5, 5.41) is 3.07. The highest BCUT2D eigenvalue weighted by atomic mass is 16.5. The van der Waals surface area contributed by atoms with Crippen molar-refractivity contribution in [3.05, 3.63) is 41.3 Å². The Morgan fingerprint density at radius 2 is 2.03 bits per heavy atom. The number of methoxy groups -OCH3 is 2. The lowest BCUT2D eigenvalue weighted by Crippen LogP contribution is -2.39. The fourth-order valence-corrected chi connectivity index (χ4v) is 3.86. The third kappa shape index (κ3) is 5.09. The van der Waals surface area contributed by atoms with Crippen molar-refractivity contribution in [3.63, 3.8) is 0 Å². The zero-order valence-electron chi connectivity index (χ0n) is 19.3. The highest BCUT2D eigenvalue weighted by Crippen LogP contribution is 2.33. The maximum atomic E-state index is 13.3. The van der Waals surface area contributed by atoms with Gasteiger partial charge in [-0.3, -0.25) is 9.59 Å². The second kappa shape index (κ2) is 10.3. The van der Waals surface area contributed by atoms with Crippen molar-refractivity contribution >= 4 is 17.6 Å². The number of hydrogen-bond donors (Lipinski definition) is 1. The molecule has 1 fully saturated rings. The predicted octanol–water partition coefficient (Wildman–Crippen LogP) is 2.53. The van der Waals surface area contributed by atoms with E-state index in [1.807, 2.05) is 11.0 Å². The van der Waals surface area contributed by atoms with Crippen LogP contribution in [0.25, 0.3) is 0 Å². The molecule has 1 aromatic carbocycles. The number of hydrogen-bond acceptors (Lipinski definition) is 7. The SMILES string of the molecule is CNc1cc(CN(C)C(C)=O)nc([C@@H]2CCCN(C(=O)c3cccc(OC)c3OC)C2)n1. The molecule has 1 saturated heterocycles. The molecule has 1 aliphatic heterocycles. The summed E-state index contributed by atoms with van der Waals surface area (Å²) >= 11 is 0. The maximum absolute atomic E-state index is 13.3. The van der Waals surface area contributed by atoms with E-state index in [1.165, 1.54) is 14.0 Å². The first-order valence-electron chi connectivity index (χ1n) is 10.7. The summed E-state index contributed by atoms with van der Waals surface area (Å²) < 4.78 is 10.8. The van der Waals surface area contributed by atoms with Gasteiger partial charge in [0.1, 0.15) is 11.6 Å². The number of nitrogens with zero attached hydrogens (tertiary/aromatic N) is 4. The Kier molecular flexibility index (Phi) is 7.50. The van der Waals surface area contributed by atoms with Gasteiger partial charge in [-0.05, 0) is 25.0 Å². The Balaban J connectivity index is 1.84. The Hall–Kier alpha value is -3.36. The average molecular weight is 442 g/mol. The summed E-state index contributed by atoms with van der Waals surface area (Å²) in [5.74, 6) is 2.20. The molecule has 0 bridgehead atoms. The van der Waals surface area contributed by atoms with Crippen LogP contribution in [0, 0.1) is 0 Å². The minimum absolute atomic E-state index is 0.000938. The highest BCUT2D eigenvalue weighted by Gasteiger charge is 2.30. The number of carbonyl (C=O) groups excluding carboxylic acids is 2. The normalized spacial score (nSPS) is 15.8. The number of rotatable bonds is 7. The molecule has 9 nitrogen and oxygen atoms in total. The van der Waals surface area contributed by atoms with E-state index in [2.05, 4.69) is 10.3 Å². The van der Waals surface area contributed by atoms with E-state index in [0.717, 1.165) is 18.5 Å². The van der Waals surface area contributed by atoms with Gasteiger partial charge >= 0.3 is 0 Å². The zero-order valence-corrected chi connectivity index (χ0v) is 19.3. The van der Waals surface area contributed by atoms with Crippen LogP contribution in [-0.2, 0) is 11.3 Å². The topological polar surface area (TPSA) is 96.9 Å². The number of anilines is 1. The summed E-state index contributed by atoms with van der Waals surface area (Å²) in [6, 6.07) is 7.15. The van der Waals surface area contributed by atoms with Crippen molar-refractivity contribution in [2.45, 2.75) is 32.2 Å². The monoisotopic (exact) mass is 441 g/mol. The quantitative estimate of drug-likeness (QED) is 0.705. The van der Waals surface area contributed by atoms with Crippen LogP contribution in [0.15, 0.2) is 24.3 Å². The maximum Gasteiger partial charge on any atom is 0.257 e. The number of benzene rings is 1. The smallest absolute Gasteiger partial charge is 0.257 e. The lowest BCUT2D eigenvalue weighted by molar-refractivity contribution is -0.128. The summed E-state index contributed by atoms with van der Waals surface area (Å²) in [5.41, 5.74) is 1.23. The van der Waals surface area contributed by atoms with E-state index in [-0.39, 0.29) is 17.7 Å². The molecule has 0 aliphatic carbocycles. The molecule has 1 aliphatic rings. The van der Waals surface area contributed by atoms with Crippen molar-refractivity contribution in [2.75, 3.05) is 46.7 Å². The molecular weight excluding hydrogens is 410 g/mol. The molecule has 2 amide bonds. The molecule has 1 N–H and O–H groups in total. The van der Waals surface area contributed by atoms with Crippen LogP contribution in [0.3, 0.4) is 0 Å². The van der Waals surface area contributed by atoms with Crippen LogP contribution < -0.4 is 14.8 Å². The number of carbonyl (C=O) groups is 2. The van der Waals surface area contributed by atoms with Gasteiger partial charge < -0.3 is 24.6 Å². The molecule has 0 unspecified atom stereocenters. The van der Waals surface area contributed by atoms with Crippen LogP contribution in [0.5, 0.6) is 11.5 Å². The lowest BCUT2D eigenvalue weighted by Gasteiger charge is -2.32. The molecular formula is C23H31N5O4. The third-order valence-electron chi connectivity index (χ3n) is 5.70. The van der Waals surface area contributed by atoms with Gasteiger partial charge in [0.15, 0.2) is 11.5 Å². The first-order chi connectivity index (χ1) is 15.4. The van der Waals surface area contributed by atoms with Crippen molar-refractivity contribution in [3.8, 4) is 11.5 Å². The third-order valence-corrected chi connectivity index (χ3v) is 5.70. The van der Waals surface area contributed by atoms with Crippen LogP contribution in [0.1, 0.15) is 47.6 Å². The molecule has 0 spiro atoms. The Morgan fingerprint density at radius 1 is 1.25 bits per heavy atom. The van der Waals surface area contributed by atoms with Gasteiger partial charge in [-0.2, -0.15) is 0 Å². The molecule has 172 valence electrons. The summed E-state index contributed by atoms with van der Waals surface area (Å²) in [6.45, 7) is 3.09.